The van der Waals surface area contributed by atoms with Gasteiger partial charge in [0, 0.05) is 35.6 Å². The van der Waals surface area contributed by atoms with E-state index in [0.29, 0.717) is 17.9 Å². The van der Waals surface area contributed by atoms with E-state index in [2.05, 4.69) is 27.9 Å². The summed E-state index contributed by atoms with van der Waals surface area (Å²) in [5.74, 6) is -0.188. The molecule has 1 N–H and O–H groups in total. The fraction of sp³-hybridized carbons (Fsp3) is 0.231. The molecule has 0 unspecified atom stereocenters. The summed E-state index contributed by atoms with van der Waals surface area (Å²) in [7, 11) is 1.82. The number of carbonyl (C=O) groups excluding carboxylic acids is 1. The van der Waals surface area contributed by atoms with Crippen LogP contribution in [0, 0.1) is 3.57 Å². The maximum absolute atomic E-state index is 12.1. The lowest BCUT2D eigenvalue weighted by atomic mass is 10.3. The Hall–Kier alpha value is -1.57. The average Bonchev–Trinajstić information content (AvgIpc) is 2.71. The third-order valence-corrected chi connectivity index (χ3v) is 3.38. The summed E-state index contributed by atoms with van der Waals surface area (Å²) in [5.41, 5.74) is 1.12. The van der Waals surface area contributed by atoms with Gasteiger partial charge in [-0.05, 0) is 41.6 Å². The van der Waals surface area contributed by atoms with Gasteiger partial charge in [-0.15, -0.1) is 0 Å². The van der Waals surface area contributed by atoms with Crippen LogP contribution in [-0.2, 0) is 13.6 Å². The van der Waals surface area contributed by atoms with Crippen molar-refractivity contribution >= 4 is 34.2 Å². The SMILES string of the molecule is CCn1cc(NC(=O)c2cc(I)cn2C)ccc1=O. The van der Waals surface area contributed by atoms with Gasteiger partial charge in [0.15, 0.2) is 0 Å². The molecule has 2 rings (SSSR count). The van der Waals surface area contributed by atoms with Crippen LogP contribution in [0.5, 0.6) is 0 Å². The Morgan fingerprint density at radius 1 is 1.37 bits per heavy atom. The molecule has 0 aromatic carbocycles. The monoisotopic (exact) mass is 371 g/mol. The van der Waals surface area contributed by atoms with Gasteiger partial charge in [0.05, 0.1) is 5.69 Å². The minimum atomic E-state index is -0.188. The molecule has 19 heavy (non-hydrogen) atoms. The van der Waals surface area contributed by atoms with Crippen molar-refractivity contribution in [2.45, 2.75) is 13.5 Å². The van der Waals surface area contributed by atoms with Crippen LogP contribution in [0.2, 0.25) is 0 Å². The number of pyridine rings is 1. The molecule has 0 saturated heterocycles. The third-order valence-electron chi connectivity index (χ3n) is 2.79. The number of carbonyl (C=O) groups is 1. The Bertz CT molecular complexity index is 673. The van der Waals surface area contributed by atoms with Crippen LogP contribution in [0.1, 0.15) is 17.4 Å². The summed E-state index contributed by atoms with van der Waals surface area (Å²) in [6.07, 6.45) is 3.52. The predicted molar refractivity (Wildman–Crippen MR) is 82.5 cm³/mol. The molecule has 5 nitrogen and oxygen atoms in total. The number of hydrogen-bond acceptors (Lipinski definition) is 2. The zero-order valence-electron chi connectivity index (χ0n) is 10.7. The van der Waals surface area contributed by atoms with Gasteiger partial charge in [0.25, 0.3) is 11.5 Å². The summed E-state index contributed by atoms with van der Waals surface area (Å²) in [5, 5.41) is 2.79. The highest BCUT2D eigenvalue weighted by molar-refractivity contribution is 14.1. The molecule has 0 saturated carbocycles. The highest BCUT2D eigenvalue weighted by Gasteiger charge is 2.11. The molecular weight excluding hydrogens is 357 g/mol. The first-order valence-electron chi connectivity index (χ1n) is 5.85. The number of nitrogens with zero attached hydrogens (tertiary/aromatic N) is 2. The lowest BCUT2D eigenvalue weighted by Gasteiger charge is -2.08. The van der Waals surface area contributed by atoms with E-state index in [1.165, 1.54) is 6.07 Å². The van der Waals surface area contributed by atoms with Gasteiger partial charge in [-0.25, -0.2) is 0 Å². The average molecular weight is 371 g/mol. The minimum absolute atomic E-state index is 0.0751. The van der Waals surface area contributed by atoms with Gasteiger partial charge in [-0.3, -0.25) is 9.59 Å². The topological polar surface area (TPSA) is 56.0 Å². The molecule has 0 spiro atoms. The second-order valence-electron chi connectivity index (χ2n) is 4.15. The summed E-state index contributed by atoms with van der Waals surface area (Å²) in [6.45, 7) is 2.46. The van der Waals surface area contributed by atoms with E-state index in [1.54, 1.807) is 21.4 Å². The molecule has 100 valence electrons. The van der Waals surface area contributed by atoms with Crippen LogP contribution in [-0.4, -0.2) is 15.0 Å². The zero-order chi connectivity index (χ0) is 14.0. The number of rotatable bonds is 3. The van der Waals surface area contributed by atoms with E-state index >= 15 is 0 Å². The van der Waals surface area contributed by atoms with Gasteiger partial charge in [0.2, 0.25) is 0 Å². The normalized spacial score (nSPS) is 10.5. The van der Waals surface area contributed by atoms with Crippen molar-refractivity contribution in [1.29, 1.82) is 0 Å². The van der Waals surface area contributed by atoms with Crippen LogP contribution in [0.15, 0.2) is 35.4 Å². The second kappa shape index (κ2) is 5.60. The summed E-state index contributed by atoms with van der Waals surface area (Å²) < 4.78 is 4.32. The lowest BCUT2D eigenvalue weighted by molar-refractivity contribution is 0.101. The smallest absolute Gasteiger partial charge is 0.272 e. The molecule has 1 amide bonds. The molecule has 0 fully saturated rings. The molecule has 0 aliphatic carbocycles. The van der Waals surface area contributed by atoms with Crippen LogP contribution < -0.4 is 10.9 Å². The van der Waals surface area contributed by atoms with Crippen molar-refractivity contribution in [2.24, 2.45) is 7.05 Å². The lowest BCUT2D eigenvalue weighted by Crippen LogP contribution is -2.20. The van der Waals surface area contributed by atoms with E-state index in [9.17, 15) is 9.59 Å². The molecule has 2 aromatic heterocycles. The molecule has 2 heterocycles. The van der Waals surface area contributed by atoms with Gasteiger partial charge in [-0.1, -0.05) is 0 Å². The molecule has 0 aliphatic rings. The number of aromatic nitrogens is 2. The molecule has 0 atom stereocenters. The van der Waals surface area contributed by atoms with Gasteiger partial charge in [0.1, 0.15) is 5.69 Å². The van der Waals surface area contributed by atoms with Crippen molar-refractivity contribution in [2.75, 3.05) is 5.32 Å². The van der Waals surface area contributed by atoms with Crippen molar-refractivity contribution in [3.63, 3.8) is 0 Å². The van der Waals surface area contributed by atoms with Crippen molar-refractivity contribution in [3.8, 4) is 0 Å². The van der Waals surface area contributed by atoms with Crippen molar-refractivity contribution in [1.82, 2.24) is 9.13 Å². The fourth-order valence-corrected chi connectivity index (χ4v) is 2.51. The molecule has 0 bridgehead atoms. The van der Waals surface area contributed by atoms with Crippen molar-refractivity contribution in [3.05, 3.63) is 50.2 Å². The van der Waals surface area contributed by atoms with Gasteiger partial charge >= 0.3 is 0 Å². The molecule has 2 aromatic rings. The van der Waals surface area contributed by atoms with Crippen LogP contribution in [0.3, 0.4) is 0 Å². The third kappa shape index (κ3) is 3.06. The highest BCUT2D eigenvalue weighted by atomic mass is 127. The Kier molecular flexibility index (Phi) is 4.08. The fourth-order valence-electron chi connectivity index (χ4n) is 1.80. The van der Waals surface area contributed by atoms with E-state index in [-0.39, 0.29) is 11.5 Å². The first kappa shape index (κ1) is 13.9. The Labute approximate surface area is 124 Å². The van der Waals surface area contributed by atoms with Crippen molar-refractivity contribution < 1.29 is 4.79 Å². The standard InChI is InChI=1S/C13H14IN3O2/c1-3-17-8-10(4-5-12(17)18)15-13(19)11-6-9(14)7-16(11)2/h4-8H,3H2,1-2H3,(H,15,19). The van der Waals surface area contributed by atoms with Crippen LogP contribution in [0.25, 0.3) is 0 Å². The quantitative estimate of drug-likeness (QED) is 0.840. The predicted octanol–water partition coefficient (Wildman–Crippen LogP) is 2.06. The summed E-state index contributed by atoms with van der Waals surface area (Å²) in [4.78, 5) is 23.6. The Morgan fingerprint density at radius 2 is 2.11 bits per heavy atom. The molecule has 0 aliphatic heterocycles. The number of anilines is 1. The molecule has 0 radical (unpaired) electrons. The van der Waals surface area contributed by atoms with Crippen LogP contribution >= 0.6 is 22.6 Å². The Balaban J connectivity index is 2.24. The largest absolute Gasteiger partial charge is 0.346 e. The zero-order valence-corrected chi connectivity index (χ0v) is 12.8. The minimum Gasteiger partial charge on any atom is -0.346 e. The van der Waals surface area contributed by atoms with E-state index < -0.39 is 0 Å². The number of hydrogen-bond donors (Lipinski definition) is 1. The first-order valence-corrected chi connectivity index (χ1v) is 6.93. The maximum Gasteiger partial charge on any atom is 0.272 e. The van der Waals surface area contributed by atoms with Gasteiger partial charge < -0.3 is 14.5 Å². The number of halogens is 1. The summed E-state index contributed by atoms with van der Waals surface area (Å²) >= 11 is 2.16. The number of nitrogens with one attached hydrogen (secondary N) is 1. The number of aryl methyl sites for hydroxylation is 2. The van der Waals surface area contributed by atoms with Crippen LogP contribution in [0.4, 0.5) is 5.69 Å². The maximum atomic E-state index is 12.1. The van der Waals surface area contributed by atoms with E-state index in [0.717, 1.165) is 3.57 Å². The highest BCUT2D eigenvalue weighted by Crippen LogP contribution is 2.12. The first-order chi connectivity index (χ1) is 9.01. The van der Waals surface area contributed by atoms with Gasteiger partial charge in [-0.2, -0.15) is 0 Å². The second-order valence-corrected chi connectivity index (χ2v) is 5.40. The molecule has 6 heteroatoms. The van der Waals surface area contributed by atoms with E-state index in [1.807, 2.05) is 26.2 Å². The number of amides is 1. The Morgan fingerprint density at radius 3 is 2.68 bits per heavy atom. The summed E-state index contributed by atoms with van der Waals surface area (Å²) in [6, 6.07) is 4.87. The molecular formula is C13H14IN3O2. The van der Waals surface area contributed by atoms with E-state index in [4.69, 9.17) is 0 Å².